The van der Waals surface area contributed by atoms with Crippen molar-refractivity contribution in [3.63, 3.8) is 0 Å². The van der Waals surface area contributed by atoms with Crippen LogP contribution in [0.4, 0.5) is 0 Å². The summed E-state index contributed by atoms with van der Waals surface area (Å²) in [5, 5.41) is 12.6. The molecule has 0 spiro atoms. The van der Waals surface area contributed by atoms with Crippen LogP contribution in [0.2, 0.25) is 0 Å². The lowest BCUT2D eigenvalue weighted by Crippen LogP contribution is -1.97. The van der Waals surface area contributed by atoms with Crippen LogP contribution in [0, 0.1) is 11.3 Å². The largest absolute Gasteiger partial charge is 0.298 e. The van der Waals surface area contributed by atoms with Crippen LogP contribution in [-0.2, 0) is 0 Å². The Morgan fingerprint density at radius 2 is 2.27 bits per heavy atom. The molecule has 2 heterocycles. The number of aldehydes is 1. The number of nitriles is 1. The van der Waals surface area contributed by atoms with Gasteiger partial charge in [-0.15, -0.1) is 0 Å². The van der Waals surface area contributed by atoms with Gasteiger partial charge in [0.15, 0.2) is 12.1 Å². The molecule has 0 saturated heterocycles. The van der Waals surface area contributed by atoms with Gasteiger partial charge in [-0.05, 0) is 12.1 Å². The number of carbonyl (C=O) groups excluding carboxylic acids is 1. The van der Waals surface area contributed by atoms with E-state index in [1.54, 1.807) is 18.3 Å². The summed E-state index contributed by atoms with van der Waals surface area (Å²) in [4.78, 5) is 14.4. The van der Waals surface area contributed by atoms with Crippen molar-refractivity contribution in [3.05, 3.63) is 41.9 Å². The minimum Gasteiger partial charge on any atom is -0.298 e. The molecule has 0 radical (unpaired) electrons. The highest BCUT2D eigenvalue weighted by Crippen LogP contribution is 2.05. The van der Waals surface area contributed by atoms with E-state index in [1.165, 1.54) is 17.1 Å². The SMILES string of the molecule is N#Cc1cnn(-c2ccc(C=O)cn2)c1. The standard InChI is InChI=1S/C10H6N4O/c11-3-9-5-13-14(6-9)10-2-1-8(7-15)4-12-10/h1-2,4-7H. The lowest BCUT2D eigenvalue weighted by Gasteiger charge is -1.98. The lowest BCUT2D eigenvalue weighted by atomic mass is 10.3. The number of hydrogen-bond acceptors (Lipinski definition) is 4. The minimum absolute atomic E-state index is 0.469. The Hall–Kier alpha value is -2.48. The van der Waals surface area contributed by atoms with Gasteiger partial charge in [0.05, 0.1) is 18.0 Å². The van der Waals surface area contributed by atoms with Gasteiger partial charge >= 0.3 is 0 Å². The average molecular weight is 198 g/mol. The third kappa shape index (κ3) is 1.74. The second-order valence-corrected chi connectivity index (χ2v) is 2.85. The van der Waals surface area contributed by atoms with Crippen molar-refractivity contribution < 1.29 is 4.79 Å². The molecule has 0 N–H and O–H groups in total. The Morgan fingerprint density at radius 3 is 2.80 bits per heavy atom. The molecule has 0 atom stereocenters. The van der Waals surface area contributed by atoms with Crippen molar-refractivity contribution >= 4 is 6.29 Å². The molecule has 0 saturated carbocycles. The van der Waals surface area contributed by atoms with E-state index in [0.717, 1.165) is 6.29 Å². The summed E-state index contributed by atoms with van der Waals surface area (Å²) in [7, 11) is 0. The first-order chi connectivity index (χ1) is 7.33. The Labute approximate surface area is 85.6 Å². The van der Waals surface area contributed by atoms with Crippen LogP contribution >= 0.6 is 0 Å². The van der Waals surface area contributed by atoms with E-state index in [4.69, 9.17) is 5.26 Å². The van der Waals surface area contributed by atoms with Gasteiger partial charge in [0.2, 0.25) is 0 Å². The Bertz CT molecular complexity index is 521. The number of hydrogen-bond donors (Lipinski definition) is 0. The van der Waals surface area contributed by atoms with Crippen molar-refractivity contribution in [3.8, 4) is 11.9 Å². The minimum atomic E-state index is 0.469. The van der Waals surface area contributed by atoms with Crippen molar-refractivity contribution in [2.45, 2.75) is 0 Å². The summed E-state index contributed by atoms with van der Waals surface area (Å²) in [5.41, 5.74) is 0.975. The van der Waals surface area contributed by atoms with Gasteiger partial charge in [0.25, 0.3) is 0 Å². The third-order valence-electron chi connectivity index (χ3n) is 1.85. The Kier molecular flexibility index (Phi) is 2.25. The second kappa shape index (κ2) is 3.72. The molecule has 2 aromatic heterocycles. The van der Waals surface area contributed by atoms with Gasteiger partial charge in [-0.1, -0.05) is 0 Å². The van der Waals surface area contributed by atoms with E-state index >= 15 is 0 Å². The van der Waals surface area contributed by atoms with E-state index in [1.807, 2.05) is 6.07 Å². The fraction of sp³-hybridized carbons (Fsp3) is 0. The lowest BCUT2D eigenvalue weighted by molar-refractivity contribution is 0.112. The van der Waals surface area contributed by atoms with Gasteiger partial charge in [-0.25, -0.2) is 9.67 Å². The molecule has 0 fully saturated rings. The average Bonchev–Trinajstić information content (AvgIpc) is 2.78. The molecule has 15 heavy (non-hydrogen) atoms. The van der Waals surface area contributed by atoms with Crippen molar-refractivity contribution in [1.29, 1.82) is 5.26 Å². The van der Waals surface area contributed by atoms with E-state index in [9.17, 15) is 4.79 Å². The van der Waals surface area contributed by atoms with Crippen LogP contribution in [0.25, 0.3) is 5.82 Å². The van der Waals surface area contributed by atoms with Gasteiger partial charge in [-0.3, -0.25) is 4.79 Å². The molecule has 5 heteroatoms. The molecule has 0 amide bonds. The van der Waals surface area contributed by atoms with Crippen LogP contribution in [0.15, 0.2) is 30.7 Å². The maximum Gasteiger partial charge on any atom is 0.153 e. The normalized spacial score (nSPS) is 9.53. The zero-order valence-electron chi connectivity index (χ0n) is 7.66. The topological polar surface area (TPSA) is 71.6 Å². The Morgan fingerprint density at radius 1 is 1.40 bits per heavy atom. The van der Waals surface area contributed by atoms with Crippen LogP contribution < -0.4 is 0 Å². The van der Waals surface area contributed by atoms with Gasteiger partial charge in [0.1, 0.15) is 6.07 Å². The summed E-state index contributed by atoms with van der Waals surface area (Å²) in [6.07, 6.45) is 5.20. The predicted octanol–water partition coefficient (Wildman–Crippen LogP) is 0.951. The molecular formula is C10H6N4O. The molecular weight excluding hydrogens is 192 g/mol. The zero-order valence-corrected chi connectivity index (χ0v) is 7.66. The van der Waals surface area contributed by atoms with Crippen molar-refractivity contribution in [2.75, 3.05) is 0 Å². The van der Waals surface area contributed by atoms with E-state index in [0.29, 0.717) is 16.9 Å². The summed E-state index contributed by atoms with van der Waals surface area (Å²) in [6.45, 7) is 0. The van der Waals surface area contributed by atoms with Crippen LogP contribution in [0.5, 0.6) is 0 Å². The Balaban J connectivity index is 2.37. The molecule has 0 aliphatic carbocycles. The number of pyridine rings is 1. The predicted molar refractivity (Wildman–Crippen MR) is 51.5 cm³/mol. The summed E-state index contributed by atoms with van der Waals surface area (Å²) in [5.74, 6) is 0.571. The van der Waals surface area contributed by atoms with Crippen LogP contribution in [-0.4, -0.2) is 21.1 Å². The molecule has 0 bridgehead atoms. The molecule has 0 aliphatic rings. The van der Waals surface area contributed by atoms with E-state index in [2.05, 4.69) is 10.1 Å². The first kappa shape index (κ1) is 9.09. The van der Waals surface area contributed by atoms with E-state index in [-0.39, 0.29) is 0 Å². The summed E-state index contributed by atoms with van der Waals surface area (Å²) in [6, 6.07) is 5.28. The fourth-order valence-electron chi connectivity index (χ4n) is 1.11. The van der Waals surface area contributed by atoms with E-state index < -0.39 is 0 Å². The molecule has 0 aromatic carbocycles. The van der Waals surface area contributed by atoms with Crippen molar-refractivity contribution in [1.82, 2.24) is 14.8 Å². The number of carbonyl (C=O) groups is 1. The van der Waals surface area contributed by atoms with Crippen LogP contribution in [0.3, 0.4) is 0 Å². The highest BCUT2D eigenvalue weighted by atomic mass is 16.1. The monoisotopic (exact) mass is 198 g/mol. The van der Waals surface area contributed by atoms with Gasteiger partial charge in [0, 0.05) is 11.8 Å². The zero-order chi connectivity index (χ0) is 10.7. The number of aromatic nitrogens is 3. The fourth-order valence-corrected chi connectivity index (χ4v) is 1.11. The smallest absolute Gasteiger partial charge is 0.153 e. The molecule has 72 valence electrons. The molecule has 0 aliphatic heterocycles. The summed E-state index contributed by atoms with van der Waals surface area (Å²) < 4.78 is 1.48. The first-order valence-corrected chi connectivity index (χ1v) is 4.20. The molecule has 2 aromatic rings. The highest BCUT2D eigenvalue weighted by molar-refractivity contribution is 5.74. The highest BCUT2D eigenvalue weighted by Gasteiger charge is 2.00. The molecule has 5 nitrogen and oxygen atoms in total. The second-order valence-electron chi connectivity index (χ2n) is 2.85. The van der Waals surface area contributed by atoms with Crippen LogP contribution in [0.1, 0.15) is 15.9 Å². The van der Waals surface area contributed by atoms with Gasteiger partial charge in [-0.2, -0.15) is 10.4 Å². The number of nitrogens with zero attached hydrogens (tertiary/aromatic N) is 4. The molecule has 2 rings (SSSR count). The first-order valence-electron chi connectivity index (χ1n) is 4.20. The molecule has 0 unspecified atom stereocenters. The van der Waals surface area contributed by atoms with Gasteiger partial charge < -0.3 is 0 Å². The maximum absolute atomic E-state index is 10.4. The van der Waals surface area contributed by atoms with Crippen molar-refractivity contribution in [2.24, 2.45) is 0 Å². The summed E-state index contributed by atoms with van der Waals surface area (Å²) >= 11 is 0. The number of rotatable bonds is 2. The third-order valence-corrected chi connectivity index (χ3v) is 1.85. The maximum atomic E-state index is 10.4. The quantitative estimate of drug-likeness (QED) is 0.673.